The first-order valence-electron chi connectivity index (χ1n) is 7.17. The number of nitrogens with zero attached hydrogens (tertiary/aromatic N) is 3. The third-order valence-corrected chi connectivity index (χ3v) is 3.70. The molecule has 0 radical (unpaired) electrons. The van der Waals surface area contributed by atoms with Gasteiger partial charge in [-0.1, -0.05) is 26.3 Å². The summed E-state index contributed by atoms with van der Waals surface area (Å²) in [5.41, 5.74) is 2.76. The van der Waals surface area contributed by atoms with E-state index < -0.39 is 0 Å². The second-order valence-corrected chi connectivity index (χ2v) is 4.99. The fraction of sp³-hybridized carbons (Fsp3) is 0.353. The van der Waals surface area contributed by atoms with E-state index in [1.54, 1.807) is 4.90 Å². The normalized spacial score (nSPS) is 12.9. The zero-order valence-electron chi connectivity index (χ0n) is 12.3. The fourth-order valence-corrected chi connectivity index (χ4v) is 2.51. The molecule has 0 aromatic heterocycles. The number of hydrogen-bond acceptors (Lipinski definition) is 3. The second kappa shape index (κ2) is 6.24. The van der Waals surface area contributed by atoms with Gasteiger partial charge < -0.3 is 4.90 Å². The third-order valence-electron chi connectivity index (χ3n) is 3.70. The molecule has 4 heteroatoms. The average Bonchev–Trinajstić information content (AvgIpc) is 2.78. The van der Waals surface area contributed by atoms with Crippen molar-refractivity contribution in [2.45, 2.75) is 33.1 Å². The molecule has 1 aliphatic heterocycles. The number of hydrogen-bond donors (Lipinski definition) is 0. The number of carbonyl (C=O) groups excluding carboxylic acids is 1. The lowest BCUT2D eigenvalue weighted by molar-refractivity contribution is -0.113. The van der Waals surface area contributed by atoms with Crippen LogP contribution in [0.4, 0.5) is 5.69 Å². The van der Waals surface area contributed by atoms with E-state index >= 15 is 0 Å². The molecule has 0 aliphatic carbocycles. The lowest BCUT2D eigenvalue weighted by Crippen LogP contribution is -2.27. The van der Waals surface area contributed by atoms with Crippen molar-refractivity contribution in [2.24, 2.45) is 0 Å². The van der Waals surface area contributed by atoms with Gasteiger partial charge in [-0.3, -0.25) is 4.79 Å². The van der Waals surface area contributed by atoms with Gasteiger partial charge in [-0.15, -0.1) is 0 Å². The highest BCUT2D eigenvalue weighted by molar-refractivity contribution is 6.34. The standard InChI is InChI=1S/C17H17N3O/c1-3-5-8-20-15-7-6-12(4-2)9-14(15)16(17(20)21)13(10-18)11-19/h6-7,9H,3-5,8H2,1-2H3. The Labute approximate surface area is 124 Å². The summed E-state index contributed by atoms with van der Waals surface area (Å²) in [5.74, 6) is -0.232. The molecule has 0 N–H and O–H groups in total. The molecule has 106 valence electrons. The van der Waals surface area contributed by atoms with Gasteiger partial charge in [0.05, 0.1) is 11.3 Å². The van der Waals surface area contributed by atoms with Gasteiger partial charge >= 0.3 is 0 Å². The van der Waals surface area contributed by atoms with Crippen LogP contribution in [0.5, 0.6) is 0 Å². The first-order chi connectivity index (χ1) is 10.2. The Hall–Kier alpha value is -2.59. The molecular formula is C17H17N3O. The van der Waals surface area contributed by atoms with Crippen molar-refractivity contribution in [2.75, 3.05) is 11.4 Å². The average molecular weight is 279 g/mol. The molecule has 1 aromatic carbocycles. The summed E-state index contributed by atoms with van der Waals surface area (Å²) in [7, 11) is 0. The second-order valence-electron chi connectivity index (χ2n) is 4.99. The largest absolute Gasteiger partial charge is 0.308 e. The molecule has 0 atom stereocenters. The molecule has 0 fully saturated rings. The van der Waals surface area contributed by atoms with E-state index in [2.05, 4.69) is 6.92 Å². The zero-order valence-corrected chi connectivity index (χ0v) is 12.3. The Morgan fingerprint density at radius 3 is 2.52 bits per heavy atom. The van der Waals surface area contributed by atoms with Gasteiger partial charge in [0.25, 0.3) is 5.91 Å². The minimum atomic E-state index is -0.232. The highest BCUT2D eigenvalue weighted by Gasteiger charge is 2.34. The predicted molar refractivity (Wildman–Crippen MR) is 81.2 cm³/mol. The maximum absolute atomic E-state index is 12.6. The summed E-state index contributed by atoms with van der Waals surface area (Å²) in [6.45, 7) is 4.71. The molecule has 0 unspecified atom stereocenters. The van der Waals surface area contributed by atoms with Gasteiger partial charge in [0.2, 0.25) is 0 Å². The van der Waals surface area contributed by atoms with Gasteiger partial charge in [-0.05, 0) is 30.5 Å². The Kier molecular flexibility index (Phi) is 4.40. The molecule has 21 heavy (non-hydrogen) atoms. The number of nitriles is 2. The molecule has 1 aliphatic rings. The lowest BCUT2D eigenvalue weighted by atomic mass is 9.99. The Bertz CT molecular complexity index is 673. The van der Waals surface area contributed by atoms with Gasteiger partial charge in [0.15, 0.2) is 0 Å². The predicted octanol–water partition coefficient (Wildman–Crippen LogP) is 3.20. The molecule has 2 rings (SSSR count). The summed E-state index contributed by atoms with van der Waals surface area (Å²) >= 11 is 0. The number of fused-ring (bicyclic) bond motifs is 1. The van der Waals surface area contributed by atoms with Crippen LogP contribution in [0.25, 0.3) is 5.57 Å². The van der Waals surface area contributed by atoms with Crippen molar-refractivity contribution in [1.82, 2.24) is 0 Å². The summed E-state index contributed by atoms with van der Waals surface area (Å²) < 4.78 is 0. The van der Waals surface area contributed by atoms with Crippen LogP contribution in [0.15, 0.2) is 23.8 Å². The van der Waals surface area contributed by atoms with Crippen molar-refractivity contribution >= 4 is 17.2 Å². The number of amides is 1. The molecule has 1 amide bonds. The number of benzene rings is 1. The van der Waals surface area contributed by atoms with Crippen LogP contribution in [0, 0.1) is 22.7 Å². The Morgan fingerprint density at radius 2 is 1.95 bits per heavy atom. The summed E-state index contributed by atoms with van der Waals surface area (Å²) in [6.07, 6.45) is 2.72. The van der Waals surface area contributed by atoms with Gasteiger partial charge in [-0.2, -0.15) is 10.5 Å². The fourth-order valence-electron chi connectivity index (χ4n) is 2.51. The quantitative estimate of drug-likeness (QED) is 0.628. The van der Waals surface area contributed by atoms with Crippen LogP contribution in [0.2, 0.25) is 0 Å². The monoisotopic (exact) mass is 279 g/mol. The number of rotatable bonds is 4. The van der Waals surface area contributed by atoms with Crippen LogP contribution in [-0.2, 0) is 11.2 Å². The maximum atomic E-state index is 12.6. The van der Waals surface area contributed by atoms with E-state index in [1.165, 1.54) is 0 Å². The molecule has 0 saturated carbocycles. The van der Waals surface area contributed by atoms with Gasteiger partial charge in [-0.25, -0.2) is 0 Å². The minimum Gasteiger partial charge on any atom is -0.308 e. The Balaban J connectivity index is 2.63. The van der Waals surface area contributed by atoms with Crippen LogP contribution in [0.1, 0.15) is 37.8 Å². The summed E-state index contributed by atoms with van der Waals surface area (Å²) in [6, 6.07) is 9.53. The van der Waals surface area contributed by atoms with Gasteiger partial charge in [0.1, 0.15) is 17.7 Å². The molecule has 0 bridgehead atoms. The smallest absolute Gasteiger partial charge is 0.261 e. The van der Waals surface area contributed by atoms with Crippen molar-refractivity contribution in [1.29, 1.82) is 10.5 Å². The van der Waals surface area contributed by atoms with E-state index in [4.69, 9.17) is 10.5 Å². The molecule has 1 aromatic rings. The van der Waals surface area contributed by atoms with E-state index in [0.717, 1.165) is 30.5 Å². The van der Waals surface area contributed by atoms with Crippen molar-refractivity contribution < 1.29 is 4.79 Å². The summed E-state index contributed by atoms with van der Waals surface area (Å²) in [5, 5.41) is 18.2. The number of allylic oxidation sites excluding steroid dienone is 1. The molecular weight excluding hydrogens is 262 g/mol. The zero-order chi connectivity index (χ0) is 15.4. The minimum absolute atomic E-state index is 0.103. The first kappa shape index (κ1) is 14.8. The molecule has 0 saturated heterocycles. The van der Waals surface area contributed by atoms with Crippen LogP contribution < -0.4 is 4.90 Å². The van der Waals surface area contributed by atoms with E-state index in [1.807, 2.05) is 37.3 Å². The van der Waals surface area contributed by atoms with Crippen molar-refractivity contribution in [3.63, 3.8) is 0 Å². The molecule has 1 heterocycles. The highest BCUT2D eigenvalue weighted by Crippen LogP contribution is 2.39. The Morgan fingerprint density at radius 1 is 1.24 bits per heavy atom. The SMILES string of the molecule is CCCCN1C(=O)C(=C(C#N)C#N)c2cc(CC)ccc21. The third kappa shape index (κ3) is 2.53. The summed E-state index contributed by atoms with van der Waals surface area (Å²) in [4.78, 5) is 14.3. The molecule has 4 nitrogen and oxygen atoms in total. The van der Waals surface area contributed by atoms with Crippen LogP contribution in [0.3, 0.4) is 0 Å². The number of carbonyl (C=O) groups is 1. The first-order valence-corrected chi connectivity index (χ1v) is 7.17. The van der Waals surface area contributed by atoms with Crippen LogP contribution >= 0.6 is 0 Å². The lowest BCUT2D eigenvalue weighted by Gasteiger charge is -2.16. The maximum Gasteiger partial charge on any atom is 0.261 e. The van der Waals surface area contributed by atoms with E-state index in [9.17, 15) is 4.79 Å². The number of unbranched alkanes of at least 4 members (excludes halogenated alkanes) is 1. The van der Waals surface area contributed by atoms with Gasteiger partial charge in [0, 0.05) is 12.1 Å². The van der Waals surface area contributed by atoms with Crippen LogP contribution in [-0.4, -0.2) is 12.5 Å². The van der Waals surface area contributed by atoms with Crippen molar-refractivity contribution in [3.8, 4) is 12.1 Å². The topological polar surface area (TPSA) is 67.9 Å². The molecule has 0 spiro atoms. The number of anilines is 1. The van der Waals surface area contributed by atoms with E-state index in [-0.39, 0.29) is 17.1 Å². The van der Waals surface area contributed by atoms with E-state index in [0.29, 0.717) is 12.1 Å². The number of aryl methyl sites for hydroxylation is 1. The van der Waals surface area contributed by atoms with Crippen molar-refractivity contribution in [3.05, 3.63) is 34.9 Å². The highest BCUT2D eigenvalue weighted by atomic mass is 16.2.